The van der Waals surface area contributed by atoms with Crippen molar-refractivity contribution in [1.82, 2.24) is 15.2 Å². The molecule has 3 nitrogen and oxygen atoms in total. The third-order valence-electron chi connectivity index (χ3n) is 4.22. The molecule has 3 rings (SSSR count). The first-order valence-corrected chi connectivity index (χ1v) is 6.46. The number of aromatic nitrogens is 1. The van der Waals surface area contributed by atoms with Gasteiger partial charge in [0.25, 0.3) is 0 Å². The molecule has 2 N–H and O–H groups in total. The molecule has 0 bridgehead atoms. The van der Waals surface area contributed by atoms with Crippen LogP contribution in [0.3, 0.4) is 0 Å². The van der Waals surface area contributed by atoms with Crippen molar-refractivity contribution >= 4 is 0 Å². The van der Waals surface area contributed by atoms with Crippen molar-refractivity contribution in [3.63, 3.8) is 0 Å². The largest absolute Gasteiger partial charge is 0.364 e. The highest BCUT2D eigenvalue weighted by Gasteiger charge is 2.40. The highest BCUT2D eigenvalue weighted by molar-refractivity contribution is 5.22. The Kier molecular flexibility index (Phi) is 2.74. The predicted octanol–water partition coefficient (Wildman–Crippen LogP) is 1.34. The van der Waals surface area contributed by atoms with Crippen LogP contribution in [0, 0.1) is 0 Å². The molecular formula is C13H21N3. The SMILES string of the molecule is c1c[nH]c(C2(CN3CCNCC3)CCC2)c1. The summed E-state index contributed by atoms with van der Waals surface area (Å²) >= 11 is 0. The van der Waals surface area contributed by atoms with E-state index in [2.05, 4.69) is 33.5 Å². The van der Waals surface area contributed by atoms with Crippen LogP contribution in [-0.2, 0) is 5.41 Å². The van der Waals surface area contributed by atoms with Gasteiger partial charge in [0, 0.05) is 50.0 Å². The van der Waals surface area contributed by atoms with Gasteiger partial charge in [0.2, 0.25) is 0 Å². The number of nitrogens with one attached hydrogen (secondary N) is 2. The maximum atomic E-state index is 3.43. The smallest absolute Gasteiger partial charge is 0.0231 e. The molecule has 2 fully saturated rings. The Morgan fingerprint density at radius 2 is 2.06 bits per heavy atom. The number of hydrogen-bond acceptors (Lipinski definition) is 2. The topological polar surface area (TPSA) is 31.1 Å². The van der Waals surface area contributed by atoms with Gasteiger partial charge in [-0.15, -0.1) is 0 Å². The van der Waals surface area contributed by atoms with E-state index in [0.29, 0.717) is 5.41 Å². The van der Waals surface area contributed by atoms with Crippen molar-refractivity contribution < 1.29 is 0 Å². The fraction of sp³-hybridized carbons (Fsp3) is 0.692. The van der Waals surface area contributed by atoms with E-state index in [9.17, 15) is 0 Å². The zero-order valence-corrected chi connectivity index (χ0v) is 9.84. The first-order chi connectivity index (χ1) is 7.89. The van der Waals surface area contributed by atoms with E-state index < -0.39 is 0 Å². The van der Waals surface area contributed by atoms with Crippen LogP contribution < -0.4 is 5.32 Å². The molecule has 1 saturated heterocycles. The van der Waals surface area contributed by atoms with E-state index in [0.717, 1.165) is 13.1 Å². The van der Waals surface area contributed by atoms with Crippen molar-refractivity contribution in [3.8, 4) is 0 Å². The van der Waals surface area contributed by atoms with Crippen molar-refractivity contribution in [2.24, 2.45) is 0 Å². The summed E-state index contributed by atoms with van der Waals surface area (Å²) in [4.78, 5) is 6.05. The van der Waals surface area contributed by atoms with E-state index in [1.807, 2.05) is 0 Å². The van der Waals surface area contributed by atoms with Gasteiger partial charge in [0.05, 0.1) is 0 Å². The molecule has 2 heterocycles. The third-order valence-corrected chi connectivity index (χ3v) is 4.22. The fourth-order valence-electron chi connectivity index (χ4n) is 3.07. The van der Waals surface area contributed by atoms with Gasteiger partial charge in [0.1, 0.15) is 0 Å². The van der Waals surface area contributed by atoms with Crippen molar-refractivity contribution in [1.29, 1.82) is 0 Å². The lowest BCUT2D eigenvalue weighted by atomic mass is 9.66. The minimum atomic E-state index is 0.445. The predicted molar refractivity (Wildman–Crippen MR) is 65.6 cm³/mol. The summed E-state index contributed by atoms with van der Waals surface area (Å²) in [5.74, 6) is 0. The van der Waals surface area contributed by atoms with Crippen LogP contribution in [0.15, 0.2) is 18.3 Å². The summed E-state index contributed by atoms with van der Waals surface area (Å²) in [6.45, 7) is 5.97. The Balaban J connectivity index is 1.70. The molecular weight excluding hydrogens is 198 g/mol. The minimum Gasteiger partial charge on any atom is -0.364 e. The Morgan fingerprint density at radius 3 is 2.62 bits per heavy atom. The second-order valence-corrected chi connectivity index (χ2v) is 5.24. The third kappa shape index (κ3) is 1.78. The van der Waals surface area contributed by atoms with Crippen molar-refractivity contribution in [3.05, 3.63) is 24.0 Å². The number of nitrogens with zero attached hydrogens (tertiary/aromatic N) is 1. The Morgan fingerprint density at radius 1 is 1.25 bits per heavy atom. The van der Waals surface area contributed by atoms with Gasteiger partial charge in [-0.1, -0.05) is 6.42 Å². The molecule has 2 aliphatic rings. The average Bonchev–Trinajstić information content (AvgIpc) is 2.78. The number of rotatable bonds is 3. The molecule has 0 spiro atoms. The fourth-order valence-corrected chi connectivity index (χ4v) is 3.07. The van der Waals surface area contributed by atoms with Crippen LogP contribution >= 0.6 is 0 Å². The molecule has 0 unspecified atom stereocenters. The summed E-state index contributed by atoms with van der Waals surface area (Å²) < 4.78 is 0. The molecule has 0 amide bonds. The molecule has 88 valence electrons. The Labute approximate surface area is 97.2 Å². The van der Waals surface area contributed by atoms with Gasteiger partial charge in [-0.05, 0) is 25.0 Å². The van der Waals surface area contributed by atoms with Gasteiger partial charge in [0.15, 0.2) is 0 Å². The van der Waals surface area contributed by atoms with Crippen LogP contribution in [-0.4, -0.2) is 42.6 Å². The summed E-state index contributed by atoms with van der Waals surface area (Å²) in [6, 6.07) is 4.40. The zero-order valence-electron chi connectivity index (χ0n) is 9.84. The van der Waals surface area contributed by atoms with Crippen LogP contribution in [0.4, 0.5) is 0 Å². The lowest BCUT2D eigenvalue weighted by molar-refractivity contribution is 0.125. The molecule has 16 heavy (non-hydrogen) atoms. The van der Waals surface area contributed by atoms with Gasteiger partial charge < -0.3 is 10.3 Å². The van der Waals surface area contributed by atoms with E-state index in [4.69, 9.17) is 0 Å². The van der Waals surface area contributed by atoms with Crippen LogP contribution in [0.2, 0.25) is 0 Å². The first kappa shape index (κ1) is 10.4. The summed E-state index contributed by atoms with van der Waals surface area (Å²) in [5, 5.41) is 3.42. The molecule has 1 saturated carbocycles. The summed E-state index contributed by atoms with van der Waals surface area (Å²) in [6.07, 6.45) is 6.17. The van der Waals surface area contributed by atoms with E-state index in [1.165, 1.54) is 44.6 Å². The highest BCUT2D eigenvalue weighted by atomic mass is 15.2. The zero-order chi connectivity index (χ0) is 10.8. The second-order valence-electron chi connectivity index (χ2n) is 5.24. The van der Waals surface area contributed by atoms with Gasteiger partial charge in [-0.3, -0.25) is 4.90 Å². The average molecular weight is 219 g/mol. The molecule has 1 aliphatic heterocycles. The quantitative estimate of drug-likeness (QED) is 0.804. The van der Waals surface area contributed by atoms with Crippen molar-refractivity contribution in [2.75, 3.05) is 32.7 Å². The first-order valence-electron chi connectivity index (χ1n) is 6.46. The number of piperazine rings is 1. The highest BCUT2D eigenvalue weighted by Crippen LogP contribution is 2.43. The second kappa shape index (κ2) is 4.22. The van der Waals surface area contributed by atoms with E-state index >= 15 is 0 Å². The lowest BCUT2D eigenvalue weighted by Crippen LogP contribution is -2.51. The summed E-state index contributed by atoms with van der Waals surface area (Å²) in [5.41, 5.74) is 1.90. The molecule has 0 aromatic carbocycles. The monoisotopic (exact) mass is 219 g/mol. The molecule has 0 atom stereocenters. The number of aromatic amines is 1. The van der Waals surface area contributed by atoms with Crippen molar-refractivity contribution in [2.45, 2.75) is 24.7 Å². The van der Waals surface area contributed by atoms with E-state index in [-0.39, 0.29) is 0 Å². The molecule has 3 heteroatoms. The van der Waals surface area contributed by atoms with Gasteiger partial charge in [-0.2, -0.15) is 0 Å². The molecule has 1 aliphatic carbocycles. The molecule has 0 radical (unpaired) electrons. The Bertz CT molecular complexity index is 321. The maximum absolute atomic E-state index is 3.43. The van der Waals surface area contributed by atoms with E-state index in [1.54, 1.807) is 0 Å². The number of H-pyrrole nitrogens is 1. The molecule has 1 aromatic heterocycles. The van der Waals surface area contributed by atoms with Gasteiger partial charge in [-0.25, -0.2) is 0 Å². The summed E-state index contributed by atoms with van der Waals surface area (Å²) in [7, 11) is 0. The van der Waals surface area contributed by atoms with Gasteiger partial charge >= 0.3 is 0 Å². The minimum absolute atomic E-state index is 0.445. The van der Waals surface area contributed by atoms with Crippen LogP contribution in [0.5, 0.6) is 0 Å². The normalized spacial score (nSPS) is 25.2. The van der Waals surface area contributed by atoms with Crippen LogP contribution in [0.1, 0.15) is 25.0 Å². The molecule has 1 aromatic rings. The lowest BCUT2D eigenvalue weighted by Gasteiger charge is -2.45. The maximum Gasteiger partial charge on any atom is 0.0231 e. The Hall–Kier alpha value is -0.800. The standard InChI is InChI=1S/C13H21N3/c1-3-12(15-6-1)13(4-2-5-13)11-16-9-7-14-8-10-16/h1,3,6,14-15H,2,4-5,7-11H2. The van der Waals surface area contributed by atoms with Crippen LogP contribution in [0.25, 0.3) is 0 Å². The number of hydrogen-bond donors (Lipinski definition) is 2.